The van der Waals surface area contributed by atoms with Crippen LogP contribution < -0.4 is 18.9 Å². The highest BCUT2D eigenvalue weighted by Gasteiger charge is 2.20. The lowest BCUT2D eigenvalue weighted by atomic mass is 10.1. The Hall–Kier alpha value is -2.41. The first-order valence-corrected chi connectivity index (χ1v) is 8.13. The van der Waals surface area contributed by atoms with Crippen molar-refractivity contribution < 1.29 is 28.5 Å². The number of methoxy groups -OCH3 is 4. The molecule has 25 heavy (non-hydrogen) atoms. The SMILES string of the molecule is COc1cc(COC(=O)c2c(OC)cccc2OC)c(OC)cc1Br. The number of hydrogen-bond donors (Lipinski definition) is 0. The summed E-state index contributed by atoms with van der Waals surface area (Å²) in [6, 6.07) is 8.57. The Bertz CT molecular complexity index is 737. The minimum absolute atomic E-state index is 0.00680. The maximum Gasteiger partial charge on any atom is 0.346 e. The Labute approximate surface area is 154 Å². The summed E-state index contributed by atoms with van der Waals surface area (Å²) in [4.78, 5) is 12.5. The molecule has 0 saturated heterocycles. The standard InChI is InChI=1S/C18H19BrO6/c1-21-13-6-5-7-14(22-2)17(13)18(20)25-10-11-8-16(24-4)12(19)9-15(11)23-3/h5-9H,10H2,1-4H3. The Morgan fingerprint density at radius 2 is 1.44 bits per heavy atom. The third-order valence-corrected chi connectivity index (χ3v) is 4.17. The average molecular weight is 411 g/mol. The van der Waals surface area contributed by atoms with Crippen molar-refractivity contribution in [1.82, 2.24) is 0 Å². The summed E-state index contributed by atoms with van der Waals surface area (Å²) in [6.45, 7) is 0.00680. The Morgan fingerprint density at radius 1 is 0.880 bits per heavy atom. The molecule has 0 radical (unpaired) electrons. The summed E-state index contributed by atoms with van der Waals surface area (Å²) < 4.78 is 27.2. The lowest BCUT2D eigenvalue weighted by Crippen LogP contribution is -2.10. The third kappa shape index (κ3) is 4.17. The minimum Gasteiger partial charge on any atom is -0.496 e. The molecule has 0 aliphatic carbocycles. The van der Waals surface area contributed by atoms with Crippen LogP contribution in [-0.4, -0.2) is 34.4 Å². The van der Waals surface area contributed by atoms with Gasteiger partial charge in [0.1, 0.15) is 35.2 Å². The predicted molar refractivity (Wildman–Crippen MR) is 95.9 cm³/mol. The van der Waals surface area contributed by atoms with E-state index in [1.807, 2.05) is 0 Å². The van der Waals surface area contributed by atoms with Crippen molar-refractivity contribution in [2.75, 3.05) is 28.4 Å². The van der Waals surface area contributed by atoms with Crippen molar-refractivity contribution in [2.45, 2.75) is 6.61 Å². The second-order valence-corrected chi connectivity index (χ2v) is 5.77. The summed E-state index contributed by atoms with van der Waals surface area (Å²) in [7, 11) is 6.06. The molecular weight excluding hydrogens is 392 g/mol. The maximum absolute atomic E-state index is 12.5. The van der Waals surface area contributed by atoms with Crippen molar-refractivity contribution in [3.05, 3.63) is 45.9 Å². The van der Waals surface area contributed by atoms with Crippen molar-refractivity contribution in [1.29, 1.82) is 0 Å². The molecule has 0 spiro atoms. The molecule has 0 aromatic heterocycles. The van der Waals surface area contributed by atoms with Crippen LogP contribution in [0.4, 0.5) is 0 Å². The van der Waals surface area contributed by atoms with Crippen LogP contribution in [0.25, 0.3) is 0 Å². The van der Waals surface area contributed by atoms with Crippen LogP contribution in [-0.2, 0) is 11.3 Å². The second-order valence-electron chi connectivity index (χ2n) is 4.91. The average Bonchev–Trinajstić information content (AvgIpc) is 2.65. The van der Waals surface area contributed by atoms with E-state index in [-0.39, 0.29) is 12.2 Å². The molecule has 2 aromatic carbocycles. The van der Waals surface area contributed by atoms with Crippen LogP contribution in [0.1, 0.15) is 15.9 Å². The molecule has 7 heteroatoms. The van der Waals surface area contributed by atoms with Gasteiger partial charge in [0, 0.05) is 5.56 Å². The third-order valence-electron chi connectivity index (χ3n) is 3.55. The molecule has 0 saturated carbocycles. The normalized spacial score (nSPS) is 10.1. The van der Waals surface area contributed by atoms with Gasteiger partial charge in [-0.3, -0.25) is 0 Å². The molecule has 2 aromatic rings. The molecule has 0 bridgehead atoms. The van der Waals surface area contributed by atoms with E-state index >= 15 is 0 Å². The fraction of sp³-hybridized carbons (Fsp3) is 0.278. The molecule has 0 heterocycles. The van der Waals surface area contributed by atoms with Crippen molar-refractivity contribution in [2.24, 2.45) is 0 Å². The van der Waals surface area contributed by atoms with Crippen molar-refractivity contribution in [3.8, 4) is 23.0 Å². The molecule has 0 unspecified atom stereocenters. The molecule has 6 nitrogen and oxygen atoms in total. The largest absolute Gasteiger partial charge is 0.496 e. The van der Waals surface area contributed by atoms with Gasteiger partial charge in [-0.1, -0.05) is 6.07 Å². The Kier molecular flexibility index (Phi) is 6.52. The van der Waals surface area contributed by atoms with Gasteiger partial charge >= 0.3 is 5.97 Å². The first-order chi connectivity index (χ1) is 12.0. The Balaban J connectivity index is 2.26. The summed E-state index contributed by atoms with van der Waals surface area (Å²) in [5.41, 5.74) is 0.903. The van der Waals surface area contributed by atoms with Gasteiger partial charge in [-0.15, -0.1) is 0 Å². The zero-order valence-electron chi connectivity index (χ0n) is 14.4. The number of halogens is 1. The highest BCUT2D eigenvalue weighted by atomic mass is 79.9. The molecule has 2 rings (SSSR count). The van der Waals surface area contributed by atoms with Gasteiger partial charge in [-0.25, -0.2) is 4.79 Å². The summed E-state index contributed by atoms with van der Waals surface area (Å²) in [6.07, 6.45) is 0. The van der Waals surface area contributed by atoms with E-state index in [0.29, 0.717) is 28.6 Å². The molecule has 0 atom stereocenters. The van der Waals surface area contributed by atoms with E-state index in [2.05, 4.69) is 15.9 Å². The van der Waals surface area contributed by atoms with E-state index < -0.39 is 5.97 Å². The van der Waals surface area contributed by atoms with E-state index in [0.717, 1.165) is 4.47 Å². The summed E-state index contributed by atoms with van der Waals surface area (Å²) in [5, 5.41) is 0. The van der Waals surface area contributed by atoms with Crippen LogP contribution in [0.2, 0.25) is 0 Å². The topological polar surface area (TPSA) is 63.2 Å². The minimum atomic E-state index is -0.557. The molecule has 0 fully saturated rings. The molecule has 0 aliphatic heterocycles. The number of hydrogen-bond acceptors (Lipinski definition) is 6. The molecule has 0 N–H and O–H groups in total. The van der Waals surface area contributed by atoms with Crippen LogP contribution in [0.5, 0.6) is 23.0 Å². The Morgan fingerprint density at radius 3 is 1.96 bits per heavy atom. The quantitative estimate of drug-likeness (QED) is 0.646. The molecule has 0 amide bonds. The van der Waals surface area contributed by atoms with Crippen molar-refractivity contribution in [3.63, 3.8) is 0 Å². The molecule has 0 aliphatic rings. The smallest absolute Gasteiger partial charge is 0.346 e. The van der Waals surface area contributed by atoms with Gasteiger partial charge < -0.3 is 23.7 Å². The maximum atomic E-state index is 12.5. The van der Waals surface area contributed by atoms with Gasteiger partial charge in [0.2, 0.25) is 0 Å². The number of carbonyl (C=O) groups excluding carboxylic acids is 1. The second kappa shape index (κ2) is 8.62. The number of benzene rings is 2. The first-order valence-electron chi connectivity index (χ1n) is 7.34. The van der Waals surface area contributed by atoms with E-state index in [1.54, 1.807) is 44.6 Å². The van der Waals surface area contributed by atoms with Crippen LogP contribution in [0, 0.1) is 0 Å². The van der Waals surface area contributed by atoms with Gasteiger partial charge in [0.05, 0.1) is 32.9 Å². The van der Waals surface area contributed by atoms with Crippen LogP contribution in [0.3, 0.4) is 0 Å². The monoisotopic (exact) mass is 410 g/mol. The highest BCUT2D eigenvalue weighted by molar-refractivity contribution is 9.10. The fourth-order valence-electron chi connectivity index (χ4n) is 2.30. The van der Waals surface area contributed by atoms with Gasteiger partial charge in [-0.05, 0) is 40.2 Å². The summed E-state index contributed by atoms with van der Waals surface area (Å²) in [5.74, 6) is 1.39. The number of rotatable bonds is 7. The van der Waals surface area contributed by atoms with Gasteiger partial charge in [0.15, 0.2) is 0 Å². The zero-order valence-corrected chi connectivity index (χ0v) is 16.0. The lowest BCUT2D eigenvalue weighted by molar-refractivity contribution is 0.0462. The highest BCUT2D eigenvalue weighted by Crippen LogP contribution is 2.34. The number of carbonyl (C=O) groups is 1. The van der Waals surface area contributed by atoms with Gasteiger partial charge in [0.25, 0.3) is 0 Å². The zero-order chi connectivity index (χ0) is 18.4. The number of ether oxygens (including phenoxy) is 5. The van der Waals surface area contributed by atoms with Crippen LogP contribution >= 0.6 is 15.9 Å². The molecule has 134 valence electrons. The van der Waals surface area contributed by atoms with E-state index in [4.69, 9.17) is 23.7 Å². The fourth-order valence-corrected chi connectivity index (χ4v) is 2.79. The predicted octanol–water partition coefficient (Wildman–Crippen LogP) is 3.84. The van der Waals surface area contributed by atoms with Gasteiger partial charge in [-0.2, -0.15) is 0 Å². The van der Waals surface area contributed by atoms with E-state index in [9.17, 15) is 4.79 Å². The van der Waals surface area contributed by atoms with E-state index in [1.165, 1.54) is 14.2 Å². The van der Waals surface area contributed by atoms with Crippen molar-refractivity contribution >= 4 is 21.9 Å². The summed E-state index contributed by atoms with van der Waals surface area (Å²) >= 11 is 3.39. The van der Waals surface area contributed by atoms with Crippen LogP contribution in [0.15, 0.2) is 34.8 Å². The first kappa shape index (κ1) is 18.9. The lowest BCUT2D eigenvalue weighted by Gasteiger charge is -2.14. The number of esters is 1. The molecular formula is C18H19BrO6.